The summed E-state index contributed by atoms with van der Waals surface area (Å²) in [6.45, 7) is 3.70. The van der Waals surface area contributed by atoms with Crippen LogP contribution in [0.25, 0.3) is 11.0 Å². The summed E-state index contributed by atoms with van der Waals surface area (Å²) in [5, 5.41) is 20.5. The fraction of sp³-hybridized carbons (Fsp3) is 0.538. The van der Waals surface area contributed by atoms with Gasteiger partial charge in [-0.2, -0.15) is 0 Å². The Morgan fingerprint density at radius 1 is 1.00 bits per heavy atom. The molecule has 35 heavy (non-hydrogen) atoms. The molecule has 0 amide bonds. The van der Waals surface area contributed by atoms with Crippen LogP contribution in [0.4, 0.5) is 27.1 Å². The Balaban J connectivity index is 1.62. The molecule has 1 saturated carbocycles. The molecule has 6 rings (SSSR count). The molecule has 0 N–H and O–H groups in total. The summed E-state index contributed by atoms with van der Waals surface area (Å²) in [5.41, 5.74) is 3.64. The van der Waals surface area contributed by atoms with Gasteiger partial charge in [0.15, 0.2) is 5.52 Å². The molecular weight excluding hydrogens is 449 g/mol. The second kappa shape index (κ2) is 8.46. The molecule has 1 aliphatic carbocycles. The second-order valence-corrected chi connectivity index (χ2v) is 10.5. The summed E-state index contributed by atoms with van der Waals surface area (Å²) in [6, 6.07) is 6.92. The van der Waals surface area contributed by atoms with Crippen LogP contribution in [0, 0.1) is 15.9 Å². The highest BCUT2D eigenvalue weighted by Gasteiger charge is 2.47. The minimum Gasteiger partial charge on any atom is -0.366 e. The molecule has 3 aliphatic rings. The zero-order valence-corrected chi connectivity index (χ0v) is 20.0. The average Bonchev–Trinajstić information content (AvgIpc) is 3.42. The lowest BCUT2D eigenvalue weighted by molar-refractivity contribution is -0.382. The number of benzene rings is 2. The molecule has 3 aromatic rings. The number of nitrogens with zero attached hydrogens (tertiary/aromatic N) is 5. The normalized spacial score (nSPS) is 21.9. The van der Waals surface area contributed by atoms with Gasteiger partial charge in [-0.05, 0) is 78.2 Å². The van der Waals surface area contributed by atoms with Crippen molar-refractivity contribution < 1.29 is 13.9 Å². The first-order valence-electron chi connectivity index (χ1n) is 12.8. The van der Waals surface area contributed by atoms with Gasteiger partial charge in [-0.1, -0.05) is 32.6 Å². The van der Waals surface area contributed by atoms with E-state index in [1.807, 2.05) is 12.1 Å². The molecule has 8 nitrogen and oxygen atoms in total. The molecule has 3 heterocycles. The highest BCUT2D eigenvalue weighted by Crippen LogP contribution is 2.56. The lowest BCUT2D eigenvalue weighted by Crippen LogP contribution is -2.48. The fourth-order valence-corrected chi connectivity index (χ4v) is 6.80. The third kappa shape index (κ3) is 3.54. The second-order valence-electron chi connectivity index (χ2n) is 10.5. The van der Waals surface area contributed by atoms with E-state index < -0.39 is 0 Å². The predicted octanol–water partition coefficient (Wildman–Crippen LogP) is 6.61. The van der Waals surface area contributed by atoms with Crippen molar-refractivity contribution in [1.82, 2.24) is 10.3 Å². The van der Waals surface area contributed by atoms with Crippen LogP contribution in [0.1, 0.15) is 76.2 Å². The Kier molecular flexibility index (Phi) is 5.38. The third-order valence-corrected chi connectivity index (χ3v) is 8.30. The van der Waals surface area contributed by atoms with Crippen molar-refractivity contribution in [3.63, 3.8) is 0 Å². The molecule has 1 atom stereocenters. The minimum atomic E-state index is -0.358. The molecule has 1 aromatic heterocycles. The van der Waals surface area contributed by atoms with E-state index in [2.05, 4.69) is 27.0 Å². The van der Waals surface area contributed by atoms with E-state index in [9.17, 15) is 14.5 Å². The number of rotatable bonds is 3. The first-order valence-corrected chi connectivity index (χ1v) is 12.8. The zero-order chi connectivity index (χ0) is 24.2. The average molecular weight is 480 g/mol. The summed E-state index contributed by atoms with van der Waals surface area (Å²) >= 11 is 0. The van der Waals surface area contributed by atoms with Gasteiger partial charge in [-0.3, -0.25) is 10.1 Å². The van der Waals surface area contributed by atoms with Gasteiger partial charge in [0, 0.05) is 24.3 Å². The smallest absolute Gasteiger partial charge is 0.323 e. The van der Waals surface area contributed by atoms with Gasteiger partial charge < -0.3 is 9.80 Å². The van der Waals surface area contributed by atoms with Gasteiger partial charge in [-0.15, -0.1) is 0 Å². The molecule has 1 unspecified atom stereocenters. The molecule has 9 heteroatoms. The monoisotopic (exact) mass is 479 g/mol. The topological polar surface area (TPSA) is 88.5 Å². The number of hydrogen-bond donors (Lipinski definition) is 0. The number of nitro benzene ring substituents is 1. The molecule has 0 radical (unpaired) electrons. The van der Waals surface area contributed by atoms with Crippen molar-refractivity contribution in [3.8, 4) is 0 Å². The van der Waals surface area contributed by atoms with E-state index in [0.29, 0.717) is 11.2 Å². The molecule has 1 spiro atoms. The van der Waals surface area contributed by atoms with E-state index in [1.54, 1.807) is 6.07 Å². The van der Waals surface area contributed by atoms with Crippen molar-refractivity contribution in [3.05, 3.63) is 45.8 Å². The van der Waals surface area contributed by atoms with E-state index in [1.165, 1.54) is 6.07 Å². The van der Waals surface area contributed by atoms with Crippen molar-refractivity contribution in [1.29, 1.82) is 0 Å². The van der Waals surface area contributed by atoms with E-state index in [0.717, 1.165) is 87.8 Å². The Morgan fingerprint density at radius 3 is 2.43 bits per heavy atom. The first-order chi connectivity index (χ1) is 17.0. The summed E-state index contributed by atoms with van der Waals surface area (Å²) in [4.78, 5) is 16.4. The van der Waals surface area contributed by atoms with E-state index in [-0.39, 0.29) is 33.4 Å². The van der Waals surface area contributed by atoms with Gasteiger partial charge in [0.25, 0.3) is 0 Å². The Labute approximate surface area is 203 Å². The molecule has 1 saturated heterocycles. The van der Waals surface area contributed by atoms with Crippen LogP contribution in [-0.2, 0) is 0 Å². The number of halogens is 1. The molecule has 2 aromatic carbocycles. The quantitative estimate of drug-likeness (QED) is 0.308. The maximum atomic E-state index is 14.3. The number of anilines is 3. The van der Waals surface area contributed by atoms with Crippen LogP contribution >= 0.6 is 0 Å². The standard InChI is InChI=1S/C26H30FN5O3/c1-17-16-26(10-4-5-11-26)31(20-9-8-18(27)14-19(17)20)21-15-22(30-12-6-2-3-7-13-30)25(32(33)34)24-23(21)28-35-29-24/h8-9,14-15,17H,2-7,10-13,16H2,1H3. The van der Waals surface area contributed by atoms with E-state index in [4.69, 9.17) is 4.63 Å². The number of nitro groups is 1. The summed E-state index contributed by atoms with van der Waals surface area (Å²) in [5.74, 6) is -0.0378. The van der Waals surface area contributed by atoms with Crippen molar-refractivity contribution in [2.45, 2.75) is 76.2 Å². The maximum Gasteiger partial charge on any atom is 0.323 e. The highest BCUT2D eigenvalue weighted by molar-refractivity contribution is 6.02. The Bertz CT molecular complexity index is 1280. The minimum absolute atomic E-state index is 0.0444. The van der Waals surface area contributed by atoms with Crippen LogP contribution < -0.4 is 9.80 Å². The maximum absolute atomic E-state index is 14.3. The summed E-state index contributed by atoms with van der Waals surface area (Å²) in [6.07, 6.45) is 9.38. The van der Waals surface area contributed by atoms with Gasteiger partial charge in [-0.25, -0.2) is 9.02 Å². The predicted molar refractivity (Wildman–Crippen MR) is 132 cm³/mol. The van der Waals surface area contributed by atoms with Gasteiger partial charge in [0.05, 0.1) is 10.6 Å². The SMILES string of the molecule is CC1CC2(CCCC2)N(c2cc(N3CCCCCC3)c([N+](=O)[O-])c3nonc23)c2ccc(F)cc21. The first kappa shape index (κ1) is 22.2. The largest absolute Gasteiger partial charge is 0.366 e. The van der Waals surface area contributed by atoms with Gasteiger partial charge in [0.1, 0.15) is 11.5 Å². The van der Waals surface area contributed by atoms with E-state index >= 15 is 0 Å². The molecule has 2 aliphatic heterocycles. The number of aromatic nitrogens is 2. The molecular formula is C26H30FN5O3. The van der Waals surface area contributed by atoms with Crippen LogP contribution in [0.3, 0.4) is 0 Å². The van der Waals surface area contributed by atoms with Crippen molar-refractivity contribution in [2.24, 2.45) is 0 Å². The highest BCUT2D eigenvalue weighted by atomic mass is 19.1. The summed E-state index contributed by atoms with van der Waals surface area (Å²) in [7, 11) is 0. The third-order valence-electron chi connectivity index (χ3n) is 8.30. The van der Waals surface area contributed by atoms with Gasteiger partial charge >= 0.3 is 5.69 Å². The lowest BCUT2D eigenvalue weighted by Gasteiger charge is -2.49. The van der Waals surface area contributed by atoms with Crippen LogP contribution in [0.15, 0.2) is 28.9 Å². The fourth-order valence-electron chi connectivity index (χ4n) is 6.80. The molecule has 184 valence electrons. The zero-order valence-electron chi connectivity index (χ0n) is 20.0. The Morgan fingerprint density at radius 2 is 1.71 bits per heavy atom. The Hall–Kier alpha value is -3.23. The molecule has 2 fully saturated rings. The van der Waals surface area contributed by atoms with Crippen LogP contribution in [0.2, 0.25) is 0 Å². The lowest BCUT2D eigenvalue weighted by atomic mass is 9.76. The number of fused-ring (bicyclic) bond motifs is 2. The molecule has 0 bridgehead atoms. The van der Waals surface area contributed by atoms with Gasteiger partial charge in [0.2, 0.25) is 5.52 Å². The van der Waals surface area contributed by atoms with Crippen LogP contribution in [0.5, 0.6) is 0 Å². The number of hydrogen-bond acceptors (Lipinski definition) is 7. The van der Waals surface area contributed by atoms with Crippen molar-refractivity contribution in [2.75, 3.05) is 22.9 Å². The summed E-state index contributed by atoms with van der Waals surface area (Å²) < 4.78 is 19.4. The van der Waals surface area contributed by atoms with Crippen molar-refractivity contribution >= 4 is 33.8 Å². The van der Waals surface area contributed by atoms with Crippen LogP contribution in [-0.4, -0.2) is 33.9 Å².